The lowest BCUT2D eigenvalue weighted by atomic mass is 9.96. The third kappa shape index (κ3) is 3.29. The molecule has 24 heavy (non-hydrogen) atoms. The maximum absolute atomic E-state index is 4.28. The van der Waals surface area contributed by atoms with E-state index in [1.165, 1.54) is 50.9 Å². The second kappa shape index (κ2) is 6.89. The van der Waals surface area contributed by atoms with Crippen LogP contribution in [-0.4, -0.2) is 57.8 Å². The van der Waals surface area contributed by atoms with Gasteiger partial charge in [0.2, 0.25) is 5.95 Å². The Morgan fingerprint density at radius 3 is 2.42 bits per heavy atom. The highest BCUT2D eigenvalue weighted by molar-refractivity contribution is 5.41. The molecule has 0 N–H and O–H groups in total. The van der Waals surface area contributed by atoms with Gasteiger partial charge in [-0.1, -0.05) is 22.8 Å². The Kier molecular flexibility index (Phi) is 4.47. The summed E-state index contributed by atoms with van der Waals surface area (Å²) in [5.74, 6) is 1.70. The Morgan fingerprint density at radius 2 is 1.71 bits per heavy atom. The van der Waals surface area contributed by atoms with E-state index in [1.54, 1.807) is 0 Å². The van der Waals surface area contributed by atoms with Crippen molar-refractivity contribution < 1.29 is 0 Å². The summed E-state index contributed by atoms with van der Waals surface area (Å²) in [5.41, 5.74) is 2.27. The van der Waals surface area contributed by atoms with Gasteiger partial charge in [0, 0.05) is 19.6 Å². The minimum Gasteiger partial charge on any atom is -0.339 e. The van der Waals surface area contributed by atoms with Gasteiger partial charge in [-0.2, -0.15) is 4.68 Å². The van der Waals surface area contributed by atoms with Crippen molar-refractivity contribution in [2.45, 2.75) is 32.6 Å². The number of aryl methyl sites for hydroxylation is 1. The van der Waals surface area contributed by atoms with Crippen molar-refractivity contribution >= 4 is 5.95 Å². The summed E-state index contributed by atoms with van der Waals surface area (Å²) >= 11 is 0. The van der Waals surface area contributed by atoms with Crippen LogP contribution < -0.4 is 4.90 Å². The molecular weight excluding hydrogens is 300 g/mol. The van der Waals surface area contributed by atoms with Gasteiger partial charge in [0.25, 0.3) is 0 Å². The predicted octanol–water partition coefficient (Wildman–Crippen LogP) is 2.28. The molecule has 2 aromatic rings. The molecule has 6 nitrogen and oxygen atoms in total. The molecule has 4 rings (SSSR count). The number of hydrogen-bond acceptors (Lipinski definition) is 5. The van der Waals surface area contributed by atoms with Crippen LogP contribution >= 0.6 is 0 Å². The Hall–Kier alpha value is -1.95. The first kappa shape index (κ1) is 15.6. The molecule has 2 aliphatic rings. The largest absolute Gasteiger partial charge is 0.339 e. The average molecular weight is 326 g/mol. The molecule has 2 fully saturated rings. The second-order valence-corrected chi connectivity index (χ2v) is 7.16. The monoisotopic (exact) mass is 326 g/mol. The number of hydrogen-bond donors (Lipinski definition) is 0. The van der Waals surface area contributed by atoms with Gasteiger partial charge in [0.15, 0.2) is 0 Å². The molecule has 6 heteroatoms. The van der Waals surface area contributed by atoms with E-state index < -0.39 is 0 Å². The number of anilines is 1. The molecule has 0 aliphatic carbocycles. The van der Waals surface area contributed by atoms with Crippen LogP contribution in [0.15, 0.2) is 24.3 Å². The lowest BCUT2D eigenvalue weighted by Crippen LogP contribution is -2.39. The summed E-state index contributed by atoms with van der Waals surface area (Å²) in [7, 11) is 0. The van der Waals surface area contributed by atoms with Crippen molar-refractivity contribution in [3.05, 3.63) is 29.8 Å². The van der Waals surface area contributed by atoms with Gasteiger partial charge in [-0.05, 0) is 74.2 Å². The molecule has 0 unspecified atom stereocenters. The maximum atomic E-state index is 4.28. The van der Waals surface area contributed by atoms with E-state index in [4.69, 9.17) is 0 Å². The molecular formula is C18H26N6. The van der Waals surface area contributed by atoms with Crippen LogP contribution in [0.1, 0.15) is 31.2 Å². The molecule has 0 atom stereocenters. The van der Waals surface area contributed by atoms with Crippen molar-refractivity contribution in [2.24, 2.45) is 5.92 Å². The summed E-state index contributed by atoms with van der Waals surface area (Å²) in [6, 6.07) is 8.36. The first-order chi connectivity index (χ1) is 11.8. The van der Waals surface area contributed by atoms with Crippen LogP contribution in [0.2, 0.25) is 0 Å². The van der Waals surface area contributed by atoms with E-state index in [2.05, 4.69) is 56.5 Å². The van der Waals surface area contributed by atoms with Gasteiger partial charge < -0.3 is 9.80 Å². The highest BCUT2D eigenvalue weighted by Crippen LogP contribution is 2.24. The SMILES string of the molecule is Cc1ccc(-n2nnnc2N2CCC(CN3CCCC3)CC2)cc1. The third-order valence-corrected chi connectivity index (χ3v) is 5.34. The topological polar surface area (TPSA) is 50.1 Å². The zero-order valence-corrected chi connectivity index (χ0v) is 14.4. The third-order valence-electron chi connectivity index (χ3n) is 5.34. The number of tetrazole rings is 1. The average Bonchev–Trinajstić information content (AvgIpc) is 3.28. The van der Waals surface area contributed by atoms with Crippen LogP contribution in [0.25, 0.3) is 5.69 Å². The van der Waals surface area contributed by atoms with E-state index in [-0.39, 0.29) is 0 Å². The summed E-state index contributed by atoms with van der Waals surface area (Å²) in [4.78, 5) is 4.97. The van der Waals surface area contributed by atoms with Crippen LogP contribution in [0, 0.1) is 12.8 Å². The zero-order chi connectivity index (χ0) is 16.4. The van der Waals surface area contributed by atoms with Crippen LogP contribution in [0.4, 0.5) is 5.95 Å². The number of piperidine rings is 1. The Labute approximate surface area is 143 Å². The van der Waals surface area contributed by atoms with Gasteiger partial charge in [0.1, 0.15) is 0 Å². The van der Waals surface area contributed by atoms with E-state index >= 15 is 0 Å². The van der Waals surface area contributed by atoms with Crippen molar-refractivity contribution in [3.8, 4) is 5.69 Å². The molecule has 1 aromatic carbocycles. The molecule has 0 bridgehead atoms. The standard InChI is InChI=1S/C18H26N6/c1-15-4-6-17(7-5-15)24-18(19-20-21-24)23-12-8-16(9-13-23)14-22-10-2-3-11-22/h4-7,16H,2-3,8-14H2,1H3. The van der Waals surface area contributed by atoms with Crippen LogP contribution in [-0.2, 0) is 0 Å². The van der Waals surface area contributed by atoms with Gasteiger partial charge in [-0.15, -0.1) is 0 Å². The molecule has 3 heterocycles. The fourth-order valence-corrected chi connectivity index (χ4v) is 3.88. The zero-order valence-electron chi connectivity index (χ0n) is 14.4. The number of nitrogens with zero attached hydrogens (tertiary/aromatic N) is 6. The smallest absolute Gasteiger partial charge is 0.250 e. The normalized spacial score (nSPS) is 20.0. The molecule has 2 saturated heterocycles. The van der Waals surface area contributed by atoms with E-state index in [0.717, 1.165) is 30.6 Å². The predicted molar refractivity (Wildman–Crippen MR) is 94.5 cm³/mol. The molecule has 0 saturated carbocycles. The Balaban J connectivity index is 1.41. The molecule has 1 aromatic heterocycles. The summed E-state index contributed by atoms with van der Waals surface area (Å²) in [6.07, 6.45) is 5.23. The maximum Gasteiger partial charge on any atom is 0.250 e. The van der Waals surface area contributed by atoms with E-state index in [0.29, 0.717) is 0 Å². The molecule has 128 valence electrons. The lowest BCUT2D eigenvalue weighted by Gasteiger charge is -2.33. The lowest BCUT2D eigenvalue weighted by molar-refractivity contribution is 0.248. The van der Waals surface area contributed by atoms with Crippen molar-refractivity contribution in [3.63, 3.8) is 0 Å². The number of rotatable bonds is 4. The van der Waals surface area contributed by atoms with Crippen LogP contribution in [0.3, 0.4) is 0 Å². The number of aromatic nitrogens is 4. The Morgan fingerprint density at radius 1 is 1.00 bits per heavy atom. The summed E-state index contributed by atoms with van der Waals surface area (Å²) in [6.45, 7) is 8.05. The fourth-order valence-electron chi connectivity index (χ4n) is 3.88. The first-order valence-corrected chi connectivity index (χ1v) is 9.12. The van der Waals surface area contributed by atoms with Gasteiger partial charge >= 0.3 is 0 Å². The molecule has 0 amide bonds. The molecule has 2 aliphatic heterocycles. The Bertz CT molecular complexity index is 650. The minimum atomic E-state index is 0.822. The highest BCUT2D eigenvalue weighted by atomic mass is 15.6. The van der Waals surface area contributed by atoms with Crippen molar-refractivity contribution in [1.29, 1.82) is 0 Å². The number of benzene rings is 1. The van der Waals surface area contributed by atoms with Gasteiger partial charge in [-0.25, -0.2) is 0 Å². The van der Waals surface area contributed by atoms with Crippen molar-refractivity contribution in [1.82, 2.24) is 25.1 Å². The minimum absolute atomic E-state index is 0.822. The first-order valence-electron chi connectivity index (χ1n) is 9.12. The van der Waals surface area contributed by atoms with Crippen LogP contribution in [0.5, 0.6) is 0 Å². The summed E-state index contributed by atoms with van der Waals surface area (Å²) < 4.78 is 1.86. The number of likely N-dealkylation sites (tertiary alicyclic amines) is 1. The van der Waals surface area contributed by atoms with E-state index in [9.17, 15) is 0 Å². The van der Waals surface area contributed by atoms with E-state index in [1.807, 2.05) is 4.68 Å². The molecule has 0 radical (unpaired) electrons. The van der Waals surface area contributed by atoms with Gasteiger partial charge in [0.05, 0.1) is 5.69 Å². The van der Waals surface area contributed by atoms with Gasteiger partial charge in [-0.3, -0.25) is 0 Å². The summed E-state index contributed by atoms with van der Waals surface area (Å²) in [5, 5.41) is 12.4. The quantitative estimate of drug-likeness (QED) is 0.863. The molecule has 0 spiro atoms. The second-order valence-electron chi connectivity index (χ2n) is 7.16. The highest BCUT2D eigenvalue weighted by Gasteiger charge is 2.25. The fraction of sp³-hybridized carbons (Fsp3) is 0.611. The van der Waals surface area contributed by atoms with Crippen molar-refractivity contribution in [2.75, 3.05) is 37.6 Å².